The van der Waals surface area contributed by atoms with Crippen LogP contribution in [0, 0.1) is 0 Å². The van der Waals surface area contributed by atoms with Gasteiger partial charge in [-0.25, -0.2) is 0 Å². The van der Waals surface area contributed by atoms with Gasteiger partial charge in [-0.2, -0.15) is 0 Å². The van der Waals surface area contributed by atoms with Crippen LogP contribution >= 0.6 is 23.2 Å². The van der Waals surface area contributed by atoms with Crippen LogP contribution in [0.1, 0.15) is 0 Å². The molecule has 0 unspecified atom stereocenters. The first-order valence-electron chi connectivity index (χ1n) is 9.86. The Kier molecular flexibility index (Phi) is 6.44. The van der Waals surface area contributed by atoms with Crippen LogP contribution in [0.25, 0.3) is 33.4 Å². The van der Waals surface area contributed by atoms with Crippen molar-refractivity contribution in [2.45, 2.75) is 0 Å². The molecule has 4 aromatic rings. The summed E-state index contributed by atoms with van der Waals surface area (Å²) in [6, 6.07) is 11.0. The summed E-state index contributed by atoms with van der Waals surface area (Å²) in [6.07, 6.45) is 6.34. The zero-order chi connectivity index (χ0) is 22.7. The number of ether oxygens (including phenoxy) is 1. The Morgan fingerprint density at radius 3 is 2.88 bits per heavy atom. The number of hydrogen-bond donors (Lipinski definition) is 1. The zero-order valence-corrected chi connectivity index (χ0v) is 18.8. The molecule has 0 aliphatic rings. The second-order valence-corrected chi connectivity index (χ2v) is 7.93. The Bertz CT molecular complexity index is 1300. The molecule has 1 amide bonds. The average molecular weight is 467 g/mol. The quantitative estimate of drug-likeness (QED) is 0.358. The van der Waals surface area contributed by atoms with Crippen molar-refractivity contribution in [1.82, 2.24) is 19.9 Å². The van der Waals surface area contributed by atoms with Crippen molar-refractivity contribution in [2.75, 3.05) is 20.2 Å². The van der Waals surface area contributed by atoms with Gasteiger partial charge in [-0.3, -0.25) is 14.8 Å². The van der Waals surface area contributed by atoms with Crippen molar-refractivity contribution >= 4 is 40.1 Å². The SMILES string of the molecule is C=CC(=O)N(C)CCOc1cnccc1-c1[nH]c2cccnc2c1-c1cc(Cl)ccc1Cl. The molecule has 0 saturated carbocycles. The number of halogens is 2. The summed E-state index contributed by atoms with van der Waals surface area (Å²) in [5.74, 6) is 0.400. The maximum atomic E-state index is 11.7. The lowest BCUT2D eigenvalue weighted by atomic mass is 10.0. The van der Waals surface area contributed by atoms with E-state index in [9.17, 15) is 4.79 Å². The Labute approximate surface area is 195 Å². The summed E-state index contributed by atoms with van der Waals surface area (Å²) in [7, 11) is 1.69. The standard InChI is InChI=1S/C24H20Cl2N4O2/c1-3-21(31)30(2)11-12-32-20-14-27-10-8-16(20)23-22(17-13-15(25)6-7-18(17)26)24-19(29-23)5-4-9-28-24/h3-10,13-14,29H,1,11-12H2,2H3. The van der Waals surface area contributed by atoms with Crippen LogP contribution in [0.5, 0.6) is 5.75 Å². The number of fused-ring (bicyclic) bond motifs is 1. The number of pyridine rings is 2. The van der Waals surface area contributed by atoms with Gasteiger partial charge in [0.05, 0.1) is 29.5 Å². The van der Waals surface area contributed by atoms with Crippen LogP contribution in [0.4, 0.5) is 0 Å². The molecular formula is C24H20Cl2N4O2. The normalized spacial score (nSPS) is 10.8. The molecule has 0 atom stereocenters. The Balaban J connectivity index is 1.79. The van der Waals surface area contributed by atoms with E-state index in [-0.39, 0.29) is 5.91 Å². The highest BCUT2D eigenvalue weighted by Crippen LogP contribution is 2.43. The zero-order valence-electron chi connectivity index (χ0n) is 17.3. The van der Waals surface area contributed by atoms with Crippen molar-refractivity contribution in [2.24, 2.45) is 0 Å². The van der Waals surface area contributed by atoms with Crippen LogP contribution in [-0.4, -0.2) is 46.0 Å². The highest BCUT2D eigenvalue weighted by molar-refractivity contribution is 6.36. The number of amides is 1. The molecule has 162 valence electrons. The summed E-state index contributed by atoms with van der Waals surface area (Å²) >= 11 is 12.8. The Morgan fingerprint density at radius 1 is 1.22 bits per heavy atom. The molecule has 0 bridgehead atoms. The minimum Gasteiger partial charge on any atom is -0.489 e. The molecule has 0 aliphatic carbocycles. The second kappa shape index (κ2) is 9.42. The Morgan fingerprint density at radius 2 is 2.06 bits per heavy atom. The van der Waals surface area contributed by atoms with Gasteiger partial charge in [0.2, 0.25) is 5.91 Å². The highest BCUT2D eigenvalue weighted by atomic mass is 35.5. The fraction of sp³-hybridized carbons (Fsp3) is 0.125. The van der Waals surface area contributed by atoms with Crippen molar-refractivity contribution in [1.29, 1.82) is 0 Å². The third-order valence-corrected chi connectivity index (χ3v) is 5.61. The smallest absolute Gasteiger partial charge is 0.245 e. The number of H-pyrrole nitrogens is 1. The molecule has 32 heavy (non-hydrogen) atoms. The first-order chi connectivity index (χ1) is 15.5. The number of nitrogens with zero attached hydrogens (tertiary/aromatic N) is 3. The molecule has 0 saturated heterocycles. The molecule has 4 rings (SSSR count). The van der Waals surface area contributed by atoms with Gasteiger partial charge in [0.25, 0.3) is 0 Å². The molecule has 0 radical (unpaired) electrons. The Hall–Kier alpha value is -3.35. The fourth-order valence-electron chi connectivity index (χ4n) is 3.43. The van der Waals surface area contributed by atoms with E-state index in [1.54, 1.807) is 37.8 Å². The van der Waals surface area contributed by atoms with Gasteiger partial charge in [-0.05, 0) is 42.5 Å². The van der Waals surface area contributed by atoms with Gasteiger partial charge in [0.1, 0.15) is 12.4 Å². The molecular weight excluding hydrogens is 447 g/mol. The number of carbonyl (C=O) groups excluding carboxylic acids is 1. The summed E-state index contributed by atoms with van der Waals surface area (Å²) in [4.78, 5) is 25.5. The minimum absolute atomic E-state index is 0.167. The number of aromatic amines is 1. The van der Waals surface area contributed by atoms with Crippen molar-refractivity contribution in [3.8, 4) is 28.1 Å². The number of nitrogens with one attached hydrogen (secondary N) is 1. The number of hydrogen-bond acceptors (Lipinski definition) is 4. The summed E-state index contributed by atoms with van der Waals surface area (Å²) < 4.78 is 6.01. The molecule has 6 nitrogen and oxygen atoms in total. The lowest BCUT2D eigenvalue weighted by Gasteiger charge is -2.17. The highest BCUT2D eigenvalue weighted by Gasteiger charge is 2.21. The number of benzene rings is 1. The first-order valence-corrected chi connectivity index (χ1v) is 10.6. The lowest BCUT2D eigenvalue weighted by Crippen LogP contribution is -2.29. The van der Waals surface area contributed by atoms with Gasteiger partial charge in [-0.15, -0.1) is 0 Å². The van der Waals surface area contributed by atoms with Crippen molar-refractivity contribution in [3.05, 3.63) is 77.7 Å². The van der Waals surface area contributed by atoms with Gasteiger partial charge in [0.15, 0.2) is 0 Å². The number of aromatic nitrogens is 3. The van der Waals surface area contributed by atoms with Crippen LogP contribution in [-0.2, 0) is 4.79 Å². The van der Waals surface area contributed by atoms with Crippen LogP contribution in [0.2, 0.25) is 10.0 Å². The first kappa shape index (κ1) is 21.9. The minimum atomic E-state index is -0.167. The molecule has 8 heteroatoms. The van der Waals surface area contributed by atoms with Crippen LogP contribution < -0.4 is 4.74 Å². The monoisotopic (exact) mass is 466 g/mol. The van der Waals surface area contributed by atoms with Crippen LogP contribution in [0.3, 0.4) is 0 Å². The topological polar surface area (TPSA) is 71.1 Å². The van der Waals surface area contributed by atoms with Gasteiger partial charge in [-0.1, -0.05) is 29.8 Å². The second-order valence-electron chi connectivity index (χ2n) is 7.08. The molecule has 0 aliphatic heterocycles. The average Bonchev–Trinajstić information content (AvgIpc) is 3.19. The molecule has 1 N–H and O–H groups in total. The van der Waals surface area contributed by atoms with E-state index in [2.05, 4.69) is 21.5 Å². The molecule has 0 fully saturated rings. The van der Waals surface area contributed by atoms with E-state index < -0.39 is 0 Å². The number of carbonyl (C=O) groups is 1. The maximum absolute atomic E-state index is 11.7. The van der Waals surface area contributed by atoms with Gasteiger partial charge in [0, 0.05) is 46.2 Å². The van der Waals surface area contributed by atoms with E-state index in [0.717, 1.165) is 33.4 Å². The van der Waals surface area contributed by atoms with E-state index in [1.165, 1.54) is 11.0 Å². The number of rotatable bonds is 7. The number of likely N-dealkylation sites (N-methyl/N-ethyl adjacent to an activating group) is 1. The van der Waals surface area contributed by atoms with E-state index in [1.807, 2.05) is 24.3 Å². The third-order valence-electron chi connectivity index (χ3n) is 5.04. The maximum Gasteiger partial charge on any atom is 0.245 e. The van der Waals surface area contributed by atoms with Crippen molar-refractivity contribution < 1.29 is 9.53 Å². The molecule has 0 spiro atoms. The van der Waals surface area contributed by atoms with E-state index in [0.29, 0.717) is 28.9 Å². The van der Waals surface area contributed by atoms with Crippen molar-refractivity contribution in [3.63, 3.8) is 0 Å². The third kappa shape index (κ3) is 4.33. The lowest BCUT2D eigenvalue weighted by molar-refractivity contribution is -0.125. The summed E-state index contributed by atoms with van der Waals surface area (Å²) in [5.41, 5.74) is 4.79. The van der Waals surface area contributed by atoms with Crippen LogP contribution in [0.15, 0.2) is 67.6 Å². The van der Waals surface area contributed by atoms with E-state index in [4.69, 9.17) is 27.9 Å². The summed E-state index contributed by atoms with van der Waals surface area (Å²) in [5, 5.41) is 1.13. The summed E-state index contributed by atoms with van der Waals surface area (Å²) in [6.45, 7) is 4.20. The molecule has 1 aromatic carbocycles. The predicted octanol–water partition coefficient (Wildman–Crippen LogP) is 5.62. The van der Waals surface area contributed by atoms with Gasteiger partial charge < -0.3 is 14.6 Å². The van der Waals surface area contributed by atoms with E-state index >= 15 is 0 Å². The molecule has 3 heterocycles. The predicted molar refractivity (Wildman–Crippen MR) is 128 cm³/mol. The molecule has 3 aromatic heterocycles. The fourth-order valence-corrected chi connectivity index (χ4v) is 3.82. The largest absolute Gasteiger partial charge is 0.489 e. The van der Waals surface area contributed by atoms with Gasteiger partial charge >= 0.3 is 0 Å².